The van der Waals surface area contributed by atoms with Crippen molar-refractivity contribution in [2.75, 3.05) is 0 Å². The third-order valence-corrected chi connectivity index (χ3v) is 4.94. The van der Waals surface area contributed by atoms with Crippen molar-refractivity contribution in [1.82, 2.24) is 0 Å². The molecule has 3 rings (SSSR count). The van der Waals surface area contributed by atoms with E-state index in [-0.39, 0.29) is 5.41 Å². The van der Waals surface area contributed by atoms with E-state index in [1.54, 1.807) is 5.57 Å². The Kier molecular flexibility index (Phi) is 3.72. The molecular formula is C22H26. The average Bonchev–Trinajstić information content (AvgIpc) is 2.83. The molecule has 2 aromatic rings. The van der Waals surface area contributed by atoms with Crippen LogP contribution in [0, 0.1) is 0 Å². The lowest BCUT2D eigenvalue weighted by Crippen LogP contribution is -2.10. The number of allylic oxidation sites excluding steroid dienone is 1. The van der Waals surface area contributed by atoms with Gasteiger partial charge in [0.1, 0.15) is 0 Å². The first-order chi connectivity index (χ1) is 10.4. The summed E-state index contributed by atoms with van der Waals surface area (Å²) < 4.78 is 0. The van der Waals surface area contributed by atoms with Gasteiger partial charge >= 0.3 is 0 Å². The summed E-state index contributed by atoms with van der Waals surface area (Å²) in [7, 11) is 0. The Morgan fingerprint density at radius 1 is 0.955 bits per heavy atom. The van der Waals surface area contributed by atoms with Gasteiger partial charge in [-0.3, -0.25) is 0 Å². The molecule has 2 aromatic carbocycles. The Morgan fingerprint density at radius 2 is 1.64 bits per heavy atom. The highest BCUT2D eigenvalue weighted by atomic mass is 14.3. The van der Waals surface area contributed by atoms with Gasteiger partial charge in [-0.25, -0.2) is 0 Å². The lowest BCUT2D eigenvalue weighted by atomic mass is 9.84. The van der Waals surface area contributed by atoms with E-state index in [1.807, 2.05) is 0 Å². The first kappa shape index (κ1) is 15.1. The number of hydrogen-bond donors (Lipinski definition) is 0. The Morgan fingerprint density at radius 3 is 2.23 bits per heavy atom. The fourth-order valence-electron chi connectivity index (χ4n) is 3.51. The zero-order valence-electron chi connectivity index (χ0n) is 14.4. The highest BCUT2D eigenvalue weighted by Gasteiger charge is 2.23. The summed E-state index contributed by atoms with van der Waals surface area (Å²) in [6.45, 7) is 11.4. The highest BCUT2D eigenvalue weighted by Crippen LogP contribution is 2.43. The second-order valence-corrected chi connectivity index (χ2v) is 7.43. The van der Waals surface area contributed by atoms with Gasteiger partial charge in [0, 0.05) is 5.92 Å². The van der Waals surface area contributed by atoms with Gasteiger partial charge in [0.25, 0.3) is 0 Å². The van der Waals surface area contributed by atoms with Gasteiger partial charge in [-0.15, -0.1) is 0 Å². The van der Waals surface area contributed by atoms with Crippen LogP contribution in [0.25, 0.3) is 17.2 Å². The van der Waals surface area contributed by atoms with Crippen LogP contribution < -0.4 is 0 Å². The summed E-state index contributed by atoms with van der Waals surface area (Å²) in [6, 6.07) is 15.8. The summed E-state index contributed by atoms with van der Waals surface area (Å²) in [5.41, 5.74) is 8.79. The minimum atomic E-state index is 0.210. The van der Waals surface area contributed by atoms with E-state index in [0.717, 1.165) is 6.42 Å². The largest absolute Gasteiger partial charge is 0.0626 e. The molecule has 0 saturated carbocycles. The number of rotatable bonds is 2. The van der Waals surface area contributed by atoms with Crippen molar-refractivity contribution < 1.29 is 0 Å². The normalized spacial score (nSPS) is 17.3. The molecule has 0 heterocycles. The fourth-order valence-corrected chi connectivity index (χ4v) is 3.51. The van der Waals surface area contributed by atoms with Crippen molar-refractivity contribution in [3.8, 4) is 11.1 Å². The molecule has 0 N–H and O–H groups in total. The van der Waals surface area contributed by atoms with Crippen molar-refractivity contribution in [2.24, 2.45) is 0 Å². The summed E-state index contributed by atoms with van der Waals surface area (Å²) in [4.78, 5) is 0. The predicted octanol–water partition coefficient (Wildman–Crippen LogP) is 6.56. The van der Waals surface area contributed by atoms with Gasteiger partial charge in [0.2, 0.25) is 0 Å². The molecule has 1 aliphatic carbocycles. The lowest BCUT2D eigenvalue weighted by Gasteiger charge is -2.20. The summed E-state index contributed by atoms with van der Waals surface area (Å²) >= 11 is 0. The van der Waals surface area contributed by atoms with E-state index in [2.05, 4.69) is 83.2 Å². The zero-order chi connectivity index (χ0) is 15.9. The molecule has 0 saturated heterocycles. The molecular weight excluding hydrogens is 264 g/mol. The molecule has 0 aromatic heterocycles. The maximum Gasteiger partial charge on any atom is 0.00351 e. The van der Waals surface area contributed by atoms with E-state index < -0.39 is 0 Å². The zero-order valence-corrected chi connectivity index (χ0v) is 14.4. The highest BCUT2D eigenvalue weighted by molar-refractivity contribution is 5.79. The quantitative estimate of drug-likeness (QED) is 0.587. The minimum absolute atomic E-state index is 0.210. The van der Waals surface area contributed by atoms with Crippen LogP contribution in [-0.4, -0.2) is 0 Å². The third kappa shape index (κ3) is 2.52. The van der Waals surface area contributed by atoms with Crippen LogP contribution in [0.15, 0.2) is 48.0 Å². The van der Waals surface area contributed by atoms with E-state index in [9.17, 15) is 0 Å². The minimum Gasteiger partial charge on any atom is -0.0626 e. The molecule has 0 radical (unpaired) electrons. The molecule has 114 valence electrons. The van der Waals surface area contributed by atoms with Gasteiger partial charge < -0.3 is 0 Å². The van der Waals surface area contributed by atoms with E-state index >= 15 is 0 Å². The Hall–Kier alpha value is -1.82. The first-order valence-corrected chi connectivity index (χ1v) is 8.36. The van der Waals surface area contributed by atoms with Crippen molar-refractivity contribution in [2.45, 2.75) is 52.4 Å². The van der Waals surface area contributed by atoms with Gasteiger partial charge in [-0.1, -0.05) is 88.7 Å². The second kappa shape index (κ2) is 5.43. The molecule has 0 nitrogen and oxygen atoms in total. The van der Waals surface area contributed by atoms with Crippen LogP contribution in [0.2, 0.25) is 0 Å². The van der Waals surface area contributed by atoms with Crippen molar-refractivity contribution >= 4 is 6.08 Å². The lowest BCUT2D eigenvalue weighted by molar-refractivity contribution is 0.590. The van der Waals surface area contributed by atoms with Crippen LogP contribution in [0.3, 0.4) is 0 Å². The molecule has 1 unspecified atom stereocenters. The SMILES string of the molecule is CCC1=Cc2cccc(-c3ccc(C(C)(C)C)cc3)c2C1C. The number of hydrogen-bond acceptors (Lipinski definition) is 0. The Labute approximate surface area is 134 Å². The van der Waals surface area contributed by atoms with Gasteiger partial charge in [0.05, 0.1) is 0 Å². The molecule has 0 spiro atoms. The molecule has 0 bridgehead atoms. The van der Waals surface area contributed by atoms with Crippen molar-refractivity contribution in [3.05, 3.63) is 64.7 Å². The molecule has 0 fully saturated rings. The van der Waals surface area contributed by atoms with E-state index in [1.165, 1.54) is 27.8 Å². The smallest absolute Gasteiger partial charge is 0.00351 e. The Bertz CT molecular complexity index is 709. The molecule has 22 heavy (non-hydrogen) atoms. The van der Waals surface area contributed by atoms with Crippen LogP contribution in [-0.2, 0) is 5.41 Å². The van der Waals surface area contributed by atoms with Crippen molar-refractivity contribution in [3.63, 3.8) is 0 Å². The maximum absolute atomic E-state index is 2.38. The fraction of sp³-hybridized carbons (Fsp3) is 0.364. The van der Waals surface area contributed by atoms with Gasteiger partial charge in [-0.2, -0.15) is 0 Å². The standard InChI is InChI=1S/C22H26/c1-6-16-14-18-8-7-9-20(21(18)15(16)2)17-10-12-19(13-11-17)22(3,4)5/h7-15H,6H2,1-5H3. The molecule has 1 aliphatic rings. The van der Waals surface area contributed by atoms with E-state index in [0.29, 0.717) is 5.92 Å². The molecule has 1 atom stereocenters. The second-order valence-electron chi connectivity index (χ2n) is 7.43. The van der Waals surface area contributed by atoms with Crippen LogP contribution in [0.4, 0.5) is 0 Å². The maximum atomic E-state index is 2.38. The number of benzene rings is 2. The predicted molar refractivity (Wildman–Crippen MR) is 97.3 cm³/mol. The van der Waals surface area contributed by atoms with Crippen LogP contribution in [0.5, 0.6) is 0 Å². The summed E-state index contributed by atoms with van der Waals surface area (Å²) in [5.74, 6) is 0.540. The first-order valence-electron chi connectivity index (χ1n) is 8.36. The topological polar surface area (TPSA) is 0 Å². The Balaban J connectivity index is 2.04. The van der Waals surface area contributed by atoms with Crippen molar-refractivity contribution in [1.29, 1.82) is 0 Å². The molecule has 0 heteroatoms. The van der Waals surface area contributed by atoms with Crippen LogP contribution >= 0.6 is 0 Å². The van der Waals surface area contributed by atoms with E-state index in [4.69, 9.17) is 0 Å². The van der Waals surface area contributed by atoms with Gasteiger partial charge in [0.15, 0.2) is 0 Å². The molecule has 0 aliphatic heterocycles. The summed E-state index contributed by atoms with van der Waals surface area (Å²) in [6.07, 6.45) is 3.52. The average molecular weight is 290 g/mol. The monoisotopic (exact) mass is 290 g/mol. The van der Waals surface area contributed by atoms with Gasteiger partial charge in [-0.05, 0) is 39.7 Å². The van der Waals surface area contributed by atoms with Crippen LogP contribution in [0.1, 0.15) is 63.6 Å². The molecule has 0 amide bonds. The third-order valence-electron chi connectivity index (χ3n) is 4.94. The number of fused-ring (bicyclic) bond motifs is 1. The summed E-state index contributed by atoms with van der Waals surface area (Å²) in [5, 5.41) is 0.